The average Bonchev–Trinajstić information content (AvgIpc) is 2.81. The van der Waals surface area contributed by atoms with Gasteiger partial charge < -0.3 is 16.0 Å². The Morgan fingerprint density at radius 3 is 2.68 bits per heavy atom. The molecule has 1 aromatic heterocycles. The number of likely N-dealkylation sites (tertiary alicyclic amines) is 1. The lowest BCUT2D eigenvalue weighted by molar-refractivity contribution is 0.283. The molecule has 0 aliphatic carbocycles. The van der Waals surface area contributed by atoms with Crippen molar-refractivity contribution >= 4 is 29.2 Å². The number of nitrogens with one attached hydrogen (secondary N) is 1. The second-order valence-corrected chi connectivity index (χ2v) is 8.14. The number of pyridine rings is 1. The summed E-state index contributed by atoms with van der Waals surface area (Å²) in [5, 5.41) is 8.22. The van der Waals surface area contributed by atoms with Gasteiger partial charge in [-0.25, -0.2) is 4.99 Å². The average molecular weight is 437 g/mol. The number of allylic oxidation sites excluding steroid dienone is 2. The van der Waals surface area contributed by atoms with Crippen molar-refractivity contribution in [2.24, 2.45) is 15.7 Å². The fraction of sp³-hybridized carbons (Fsp3) is 0.375. The van der Waals surface area contributed by atoms with Crippen LogP contribution >= 0.6 is 11.8 Å². The summed E-state index contributed by atoms with van der Waals surface area (Å²) in [4.78, 5) is 16.8. The van der Waals surface area contributed by atoms with Crippen LogP contribution in [0.15, 0.2) is 74.3 Å². The van der Waals surface area contributed by atoms with E-state index in [1.807, 2.05) is 50.5 Å². The van der Waals surface area contributed by atoms with Crippen LogP contribution in [0.2, 0.25) is 0 Å². The first-order chi connectivity index (χ1) is 15.1. The SMILES string of the molecule is CC=N/C(=C\C=C=C(C)C(=NC)Sc1ccc(C/C(C=N)=C/N)nc1)N1CCCCC1. The Kier molecular flexibility index (Phi) is 10.6. The molecular weight excluding hydrogens is 404 g/mol. The Balaban J connectivity index is 2.10. The number of nitrogens with two attached hydrogens (primary N) is 1. The van der Waals surface area contributed by atoms with E-state index in [1.165, 1.54) is 31.7 Å². The summed E-state index contributed by atoms with van der Waals surface area (Å²) in [6, 6.07) is 3.96. The molecule has 0 radical (unpaired) electrons. The molecule has 2 rings (SSSR count). The smallest absolute Gasteiger partial charge is 0.128 e. The van der Waals surface area contributed by atoms with Crippen molar-refractivity contribution in [2.45, 2.75) is 44.4 Å². The number of aromatic nitrogens is 1. The number of thioether (sulfide) groups is 1. The Bertz CT molecular complexity index is 912. The van der Waals surface area contributed by atoms with Crippen LogP contribution in [-0.4, -0.2) is 47.5 Å². The highest BCUT2D eigenvalue weighted by Gasteiger charge is 2.11. The van der Waals surface area contributed by atoms with E-state index < -0.39 is 0 Å². The zero-order valence-electron chi connectivity index (χ0n) is 18.6. The van der Waals surface area contributed by atoms with Gasteiger partial charge in [-0.2, -0.15) is 0 Å². The van der Waals surface area contributed by atoms with Gasteiger partial charge in [0.15, 0.2) is 0 Å². The lowest BCUT2D eigenvalue weighted by Gasteiger charge is -2.28. The highest BCUT2D eigenvalue weighted by atomic mass is 32.2. The van der Waals surface area contributed by atoms with Crippen molar-refractivity contribution in [3.05, 3.63) is 65.1 Å². The minimum Gasteiger partial charge on any atom is -0.404 e. The van der Waals surface area contributed by atoms with Gasteiger partial charge in [-0.05, 0) is 69.2 Å². The molecule has 0 unspecified atom stereocenters. The number of nitrogens with zero attached hydrogens (tertiary/aromatic N) is 4. The van der Waals surface area contributed by atoms with Crippen molar-refractivity contribution in [3.63, 3.8) is 0 Å². The molecule has 1 aromatic rings. The third kappa shape index (κ3) is 8.04. The van der Waals surface area contributed by atoms with E-state index in [4.69, 9.17) is 11.1 Å². The van der Waals surface area contributed by atoms with Crippen LogP contribution in [0.4, 0.5) is 0 Å². The fourth-order valence-corrected chi connectivity index (χ4v) is 3.90. The largest absolute Gasteiger partial charge is 0.404 e. The maximum absolute atomic E-state index is 7.33. The molecule has 7 heteroatoms. The Morgan fingerprint density at radius 2 is 2.10 bits per heavy atom. The minimum atomic E-state index is 0.549. The van der Waals surface area contributed by atoms with Crippen molar-refractivity contribution in [1.29, 1.82) is 5.41 Å². The third-order valence-electron chi connectivity index (χ3n) is 4.79. The molecule has 1 aliphatic rings. The molecule has 0 amide bonds. The van der Waals surface area contributed by atoms with Crippen LogP contribution in [-0.2, 0) is 6.42 Å². The topological polar surface area (TPSA) is 90.7 Å². The van der Waals surface area contributed by atoms with E-state index >= 15 is 0 Å². The molecule has 0 spiro atoms. The van der Waals surface area contributed by atoms with Crippen molar-refractivity contribution < 1.29 is 0 Å². The predicted molar refractivity (Wildman–Crippen MR) is 133 cm³/mol. The maximum atomic E-state index is 7.33. The summed E-state index contributed by atoms with van der Waals surface area (Å²) in [5.41, 5.74) is 11.4. The lowest BCUT2D eigenvalue weighted by atomic mass is 10.1. The van der Waals surface area contributed by atoms with E-state index in [-0.39, 0.29) is 0 Å². The molecule has 1 aliphatic heterocycles. The monoisotopic (exact) mass is 436 g/mol. The first-order valence-corrected chi connectivity index (χ1v) is 11.3. The maximum Gasteiger partial charge on any atom is 0.128 e. The van der Waals surface area contributed by atoms with Crippen LogP contribution in [0.25, 0.3) is 0 Å². The summed E-state index contributed by atoms with van der Waals surface area (Å²) in [5.74, 6) is 0.987. The third-order valence-corrected chi connectivity index (χ3v) is 5.95. The van der Waals surface area contributed by atoms with Gasteiger partial charge in [0.2, 0.25) is 0 Å². The lowest BCUT2D eigenvalue weighted by Crippen LogP contribution is -2.28. The Morgan fingerprint density at radius 1 is 1.32 bits per heavy atom. The second kappa shape index (κ2) is 13.4. The molecule has 31 heavy (non-hydrogen) atoms. The Hall–Kier alpha value is -2.89. The number of hydrogen-bond donors (Lipinski definition) is 2. The molecule has 0 atom stereocenters. The van der Waals surface area contributed by atoms with Gasteiger partial charge in [-0.3, -0.25) is 9.98 Å². The standard InChI is InChI=1S/C24H32N6S/c1-4-28-23(30-13-6-5-7-14-30)10-8-9-19(2)24(27-3)31-22-12-11-21(29-18-22)15-20(16-25)17-26/h4,8,10-12,16-18,25H,5-7,13-15,26H2,1-3H3/b20-17-,23-10+,25-16?,27-24?,28-4?. The van der Waals surface area contributed by atoms with Crippen LogP contribution < -0.4 is 5.73 Å². The summed E-state index contributed by atoms with van der Waals surface area (Å²) >= 11 is 1.56. The quantitative estimate of drug-likeness (QED) is 0.202. The van der Waals surface area contributed by atoms with E-state index in [0.717, 1.165) is 45.7 Å². The van der Waals surface area contributed by atoms with Crippen LogP contribution in [0.5, 0.6) is 0 Å². The summed E-state index contributed by atoms with van der Waals surface area (Å²) in [6.45, 7) is 6.07. The number of piperidine rings is 1. The molecule has 1 saturated heterocycles. The molecule has 0 aromatic carbocycles. The molecule has 6 nitrogen and oxygen atoms in total. The van der Waals surface area contributed by atoms with Gasteiger partial charge in [0.05, 0.1) is 0 Å². The Labute approximate surface area is 190 Å². The second-order valence-electron chi connectivity index (χ2n) is 7.07. The highest BCUT2D eigenvalue weighted by Crippen LogP contribution is 2.23. The van der Waals surface area contributed by atoms with E-state index in [0.29, 0.717) is 6.42 Å². The summed E-state index contributed by atoms with van der Waals surface area (Å²) < 4.78 is 0. The first kappa shape index (κ1) is 24.4. The molecule has 0 saturated carbocycles. The zero-order chi connectivity index (χ0) is 22.5. The minimum absolute atomic E-state index is 0.549. The normalized spacial score (nSPS) is 15.7. The molecule has 0 bridgehead atoms. The molecule has 164 valence electrons. The molecule has 2 heterocycles. The molecular formula is C24H32N6S. The van der Waals surface area contributed by atoms with Gasteiger partial charge in [0, 0.05) is 61.3 Å². The number of hydrogen-bond acceptors (Lipinski definition) is 7. The molecule has 3 N–H and O–H groups in total. The molecule has 1 fully saturated rings. The summed E-state index contributed by atoms with van der Waals surface area (Å²) in [7, 11) is 1.79. The first-order valence-electron chi connectivity index (χ1n) is 10.5. The van der Waals surface area contributed by atoms with Gasteiger partial charge in [0.1, 0.15) is 10.9 Å². The predicted octanol–water partition coefficient (Wildman–Crippen LogP) is 4.76. The number of rotatable bonds is 8. The summed E-state index contributed by atoms with van der Waals surface area (Å²) in [6.07, 6.45) is 14.6. The van der Waals surface area contributed by atoms with Gasteiger partial charge in [0.25, 0.3) is 0 Å². The van der Waals surface area contributed by atoms with Crippen LogP contribution in [0.3, 0.4) is 0 Å². The van der Waals surface area contributed by atoms with Gasteiger partial charge in [-0.1, -0.05) is 11.8 Å². The van der Waals surface area contributed by atoms with Crippen LogP contribution in [0, 0.1) is 5.41 Å². The van der Waals surface area contributed by atoms with E-state index in [2.05, 4.69) is 25.6 Å². The highest BCUT2D eigenvalue weighted by molar-refractivity contribution is 8.14. The van der Waals surface area contributed by atoms with Gasteiger partial charge in [-0.15, -0.1) is 5.73 Å². The van der Waals surface area contributed by atoms with E-state index in [1.54, 1.807) is 18.8 Å². The zero-order valence-corrected chi connectivity index (χ0v) is 19.5. The van der Waals surface area contributed by atoms with Crippen molar-refractivity contribution in [3.8, 4) is 0 Å². The van der Waals surface area contributed by atoms with Crippen molar-refractivity contribution in [2.75, 3.05) is 20.1 Å². The van der Waals surface area contributed by atoms with Crippen LogP contribution in [0.1, 0.15) is 38.8 Å². The van der Waals surface area contributed by atoms with E-state index in [9.17, 15) is 0 Å². The number of aliphatic imine (C=N–C) groups is 2. The fourth-order valence-electron chi connectivity index (χ4n) is 3.13. The van der Waals surface area contributed by atoms with Crippen molar-refractivity contribution in [1.82, 2.24) is 9.88 Å². The van der Waals surface area contributed by atoms with Gasteiger partial charge >= 0.3 is 0 Å².